The van der Waals surface area contributed by atoms with Crippen molar-refractivity contribution in [2.45, 2.75) is 13.5 Å². The fraction of sp³-hybridized carbons (Fsp3) is 0.111. The molecule has 0 saturated heterocycles. The number of hydrogen-bond acceptors (Lipinski definition) is 4. The molecule has 3 N–H and O–H groups in total. The Labute approximate surface area is 146 Å². The van der Waals surface area contributed by atoms with Crippen molar-refractivity contribution < 1.29 is 4.42 Å². The van der Waals surface area contributed by atoms with Crippen LogP contribution in [0.2, 0.25) is 0 Å². The molecule has 0 spiro atoms. The van der Waals surface area contributed by atoms with Crippen molar-refractivity contribution in [1.29, 1.82) is 0 Å². The van der Waals surface area contributed by atoms with Crippen LogP contribution < -0.4 is 16.0 Å². The molecule has 5 nitrogen and oxygen atoms in total. The molecule has 122 valence electrons. The van der Waals surface area contributed by atoms with Crippen LogP contribution in [0.25, 0.3) is 0 Å². The molecule has 0 aliphatic rings. The van der Waals surface area contributed by atoms with Crippen molar-refractivity contribution >= 4 is 34.5 Å². The Morgan fingerprint density at radius 1 is 1.12 bits per heavy atom. The first-order valence-electron chi connectivity index (χ1n) is 7.56. The maximum absolute atomic E-state index is 5.26. The number of nitrogens with zero attached hydrogens (tertiary/aromatic N) is 1. The average molecular weight is 338 g/mol. The van der Waals surface area contributed by atoms with Crippen LogP contribution >= 0.6 is 12.2 Å². The molecule has 1 aromatic carbocycles. The summed E-state index contributed by atoms with van der Waals surface area (Å²) in [4.78, 5) is 4.40. The molecule has 0 atom stereocenters. The first-order valence-corrected chi connectivity index (χ1v) is 7.97. The van der Waals surface area contributed by atoms with Gasteiger partial charge in [0.1, 0.15) is 11.6 Å². The highest BCUT2D eigenvalue weighted by atomic mass is 32.1. The summed E-state index contributed by atoms with van der Waals surface area (Å²) in [5.41, 5.74) is 3.04. The van der Waals surface area contributed by atoms with Crippen LogP contribution in [-0.4, -0.2) is 10.1 Å². The van der Waals surface area contributed by atoms with E-state index in [0.717, 1.165) is 23.0 Å². The number of anilines is 3. The largest absolute Gasteiger partial charge is 0.467 e. The highest BCUT2D eigenvalue weighted by Crippen LogP contribution is 2.19. The van der Waals surface area contributed by atoms with E-state index in [2.05, 4.69) is 33.9 Å². The molecule has 24 heavy (non-hydrogen) atoms. The van der Waals surface area contributed by atoms with Crippen LogP contribution in [-0.2, 0) is 6.54 Å². The zero-order valence-corrected chi connectivity index (χ0v) is 14.1. The summed E-state index contributed by atoms with van der Waals surface area (Å²) in [5.74, 6) is 1.61. The molecule has 3 rings (SSSR count). The van der Waals surface area contributed by atoms with Gasteiger partial charge in [-0.15, -0.1) is 0 Å². The van der Waals surface area contributed by atoms with Gasteiger partial charge in [0.15, 0.2) is 5.11 Å². The lowest BCUT2D eigenvalue weighted by atomic mass is 10.2. The van der Waals surface area contributed by atoms with Gasteiger partial charge in [-0.2, -0.15) is 0 Å². The maximum atomic E-state index is 5.26. The Bertz CT molecular complexity index is 800. The first-order chi connectivity index (χ1) is 11.7. The zero-order chi connectivity index (χ0) is 16.8. The van der Waals surface area contributed by atoms with E-state index >= 15 is 0 Å². The maximum Gasteiger partial charge on any atom is 0.171 e. The molecule has 2 heterocycles. The number of furan rings is 1. The van der Waals surface area contributed by atoms with Crippen molar-refractivity contribution in [3.05, 3.63) is 72.3 Å². The van der Waals surface area contributed by atoms with Crippen molar-refractivity contribution in [2.24, 2.45) is 0 Å². The van der Waals surface area contributed by atoms with Gasteiger partial charge in [-0.3, -0.25) is 0 Å². The van der Waals surface area contributed by atoms with Crippen LogP contribution in [0.4, 0.5) is 17.2 Å². The van der Waals surface area contributed by atoms with E-state index in [0.29, 0.717) is 11.7 Å². The molecule has 0 radical (unpaired) electrons. The Morgan fingerprint density at radius 2 is 2.00 bits per heavy atom. The Balaban J connectivity index is 1.54. The molecule has 0 bridgehead atoms. The molecule has 0 aliphatic heterocycles. The number of thiocarbonyl (C=S) groups is 1. The Morgan fingerprint density at radius 3 is 2.71 bits per heavy atom. The van der Waals surface area contributed by atoms with Crippen LogP contribution in [0.1, 0.15) is 11.3 Å². The van der Waals surface area contributed by atoms with Crippen molar-refractivity contribution in [3.8, 4) is 0 Å². The standard InChI is InChI=1S/C18H18N4OS/c1-13-5-2-3-7-16(13)22-17-9-8-14(11-19-17)21-18(24)20-12-15-6-4-10-23-15/h2-11H,12H2,1H3,(H,19,22)(H2,20,21,24). The molecule has 2 aromatic heterocycles. The number of aryl methyl sites for hydroxylation is 1. The highest BCUT2D eigenvalue weighted by molar-refractivity contribution is 7.80. The lowest BCUT2D eigenvalue weighted by molar-refractivity contribution is 0.503. The number of nitrogens with one attached hydrogen (secondary N) is 3. The van der Waals surface area contributed by atoms with E-state index in [1.54, 1.807) is 12.5 Å². The molecular weight excluding hydrogens is 320 g/mol. The van der Waals surface area contributed by atoms with E-state index in [4.69, 9.17) is 16.6 Å². The van der Waals surface area contributed by atoms with Gasteiger partial charge in [0.25, 0.3) is 0 Å². The molecule has 0 unspecified atom stereocenters. The van der Waals surface area contributed by atoms with Crippen molar-refractivity contribution in [3.63, 3.8) is 0 Å². The zero-order valence-electron chi connectivity index (χ0n) is 13.2. The van der Waals surface area contributed by atoms with Crippen molar-refractivity contribution in [2.75, 3.05) is 10.6 Å². The van der Waals surface area contributed by atoms with Crippen LogP contribution in [0.5, 0.6) is 0 Å². The topological polar surface area (TPSA) is 62.1 Å². The molecule has 0 fully saturated rings. The summed E-state index contributed by atoms with van der Waals surface area (Å²) in [6.45, 7) is 2.60. The lowest BCUT2D eigenvalue weighted by Crippen LogP contribution is -2.27. The van der Waals surface area contributed by atoms with E-state index < -0.39 is 0 Å². The summed E-state index contributed by atoms with van der Waals surface area (Å²) in [6, 6.07) is 15.7. The summed E-state index contributed by atoms with van der Waals surface area (Å²) < 4.78 is 5.25. The molecular formula is C18H18N4OS. The van der Waals surface area contributed by atoms with E-state index in [-0.39, 0.29) is 0 Å². The molecule has 0 saturated carbocycles. The minimum absolute atomic E-state index is 0.521. The van der Waals surface area contributed by atoms with Gasteiger partial charge in [-0.05, 0) is 55.0 Å². The smallest absolute Gasteiger partial charge is 0.171 e. The number of para-hydroxylation sites is 1. The van der Waals surface area contributed by atoms with Gasteiger partial charge in [-0.25, -0.2) is 4.98 Å². The second-order valence-corrected chi connectivity index (χ2v) is 5.67. The summed E-state index contributed by atoms with van der Waals surface area (Å²) in [7, 11) is 0. The Hall–Kier alpha value is -2.86. The normalized spacial score (nSPS) is 10.2. The van der Waals surface area contributed by atoms with Crippen molar-refractivity contribution in [1.82, 2.24) is 10.3 Å². The predicted molar refractivity (Wildman–Crippen MR) is 100 cm³/mol. The minimum atomic E-state index is 0.521. The third-order valence-corrected chi connectivity index (χ3v) is 3.68. The predicted octanol–water partition coefficient (Wildman–Crippen LogP) is 4.21. The van der Waals surface area contributed by atoms with Gasteiger partial charge >= 0.3 is 0 Å². The lowest BCUT2D eigenvalue weighted by Gasteiger charge is -2.11. The number of benzene rings is 1. The third-order valence-electron chi connectivity index (χ3n) is 3.43. The fourth-order valence-corrected chi connectivity index (χ4v) is 2.34. The van der Waals surface area contributed by atoms with Gasteiger partial charge in [0.2, 0.25) is 0 Å². The first kappa shape index (κ1) is 16.0. The van der Waals surface area contributed by atoms with Crippen LogP contribution in [0.3, 0.4) is 0 Å². The van der Waals surface area contributed by atoms with E-state index in [1.165, 1.54) is 5.56 Å². The highest BCUT2D eigenvalue weighted by Gasteiger charge is 2.02. The van der Waals surface area contributed by atoms with E-state index in [9.17, 15) is 0 Å². The molecule has 3 aromatic rings. The van der Waals surface area contributed by atoms with Crippen LogP contribution in [0.15, 0.2) is 65.4 Å². The summed E-state index contributed by atoms with van der Waals surface area (Å²) >= 11 is 5.26. The number of hydrogen-bond donors (Lipinski definition) is 3. The second-order valence-electron chi connectivity index (χ2n) is 5.26. The minimum Gasteiger partial charge on any atom is -0.467 e. The Kier molecular flexibility index (Phi) is 5.08. The molecule has 0 amide bonds. The van der Waals surface area contributed by atoms with E-state index in [1.807, 2.05) is 42.5 Å². The van der Waals surface area contributed by atoms with Gasteiger partial charge in [0.05, 0.1) is 24.7 Å². The van der Waals surface area contributed by atoms with Gasteiger partial charge in [0, 0.05) is 5.69 Å². The number of pyridine rings is 1. The van der Waals surface area contributed by atoms with Gasteiger partial charge < -0.3 is 20.4 Å². The monoisotopic (exact) mass is 338 g/mol. The third kappa shape index (κ3) is 4.33. The molecule has 6 heteroatoms. The number of rotatable bonds is 5. The summed E-state index contributed by atoms with van der Waals surface area (Å²) in [6.07, 6.45) is 3.37. The summed E-state index contributed by atoms with van der Waals surface area (Å²) in [5, 5.41) is 9.99. The average Bonchev–Trinajstić information content (AvgIpc) is 3.10. The quantitative estimate of drug-likeness (QED) is 0.606. The van der Waals surface area contributed by atoms with Crippen LogP contribution in [0, 0.1) is 6.92 Å². The second kappa shape index (κ2) is 7.61. The number of aromatic nitrogens is 1. The van der Waals surface area contributed by atoms with Gasteiger partial charge in [-0.1, -0.05) is 18.2 Å². The SMILES string of the molecule is Cc1ccccc1Nc1ccc(NC(=S)NCc2ccco2)cn1. The fourth-order valence-electron chi connectivity index (χ4n) is 2.15. The molecule has 0 aliphatic carbocycles.